The van der Waals surface area contributed by atoms with Crippen molar-refractivity contribution in [2.75, 3.05) is 20.3 Å². The summed E-state index contributed by atoms with van der Waals surface area (Å²) in [6.07, 6.45) is 4.82. The van der Waals surface area contributed by atoms with Crippen LogP contribution in [0.5, 0.6) is 0 Å². The molecule has 0 heterocycles. The molecule has 1 aliphatic rings. The number of ether oxygens (including phenoxy) is 1. The molecule has 1 rings (SSSR count). The van der Waals surface area contributed by atoms with Gasteiger partial charge >= 0.3 is 0 Å². The van der Waals surface area contributed by atoms with E-state index in [-0.39, 0.29) is 11.9 Å². The lowest BCUT2D eigenvalue weighted by Gasteiger charge is -2.35. The van der Waals surface area contributed by atoms with Crippen molar-refractivity contribution in [2.24, 2.45) is 5.41 Å². The minimum absolute atomic E-state index is 0.0666. The van der Waals surface area contributed by atoms with E-state index >= 15 is 0 Å². The summed E-state index contributed by atoms with van der Waals surface area (Å²) in [6.45, 7) is 7.73. The van der Waals surface area contributed by atoms with Crippen LogP contribution < -0.4 is 10.6 Å². The zero-order chi connectivity index (χ0) is 13.6. The molecule has 106 valence electrons. The summed E-state index contributed by atoms with van der Waals surface area (Å²) in [5, 5.41) is 6.29. The number of rotatable bonds is 6. The molecule has 0 aliphatic heterocycles. The van der Waals surface area contributed by atoms with Crippen LogP contribution >= 0.6 is 0 Å². The Morgan fingerprint density at radius 2 is 2.00 bits per heavy atom. The fraction of sp³-hybridized carbons (Fsp3) is 0.929. The van der Waals surface area contributed by atoms with Gasteiger partial charge in [0.25, 0.3) is 0 Å². The lowest BCUT2D eigenvalue weighted by atomic mass is 9.75. The highest BCUT2D eigenvalue weighted by Gasteiger charge is 2.28. The zero-order valence-corrected chi connectivity index (χ0v) is 12.2. The average molecular weight is 256 g/mol. The molecule has 1 amide bonds. The molecule has 0 bridgehead atoms. The molecule has 1 atom stereocenters. The molecule has 2 N–H and O–H groups in total. The highest BCUT2D eigenvalue weighted by atomic mass is 16.5. The number of hydrogen-bond donors (Lipinski definition) is 2. The Kier molecular flexibility index (Phi) is 6.09. The monoisotopic (exact) mass is 256 g/mol. The normalized spacial score (nSPS) is 21.6. The van der Waals surface area contributed by atoms with Gasteiger partial charge in [0, 0.05) is 19.7 Å². The molecule has 18 heavy (non-hydrogen) atoms. The first-order valence-electron chi connectivity index (χ1n) is 6.97. The topological polar surface area (TPSA) is 50.4 Å². The SMILES string of the molecule is COCCNC(=O)C(C)NC1CCC(C)(C)CC1. The third-order valence-electron chi connectivity index (χ3n) is 3.82. The molecular weight excluding hydrogens is 228 g/mol. The predicted molar refractivity (Wildman–Crippen MR) is 73.5 cm³/mol. The summed E-state index contributed by atoms with van der Waals surface area (Å²) in [5.41, 5.74) is 0.474. The smallest absolute Gasteiger partial charge is 0.236 e. The van der Waals surface area contributed by atoms with Crippen LogP contribution in [0.2, 0.25) is 0 Å². The van der Waals surface area contributed by atoms with Gasteiger partial charge in [0.15, 0.2) is 0 Å². The Labute approximate surface area is 111 Å². The highest BCUT2D eigenvalue weighted by Crippen LogP contribution is 2.35. The van der Waals surface area contributed by atoms with E-state index in [1.807, 2.05) is 6.92 Å². The van der Waals surface area contributed by atoms with Crippen molar-refractivity contribution < 1.29 is 9.53 Å². The van der Waals surface area contributed by atoms with Crippen LogP contribution in [0, 0.1) is 5.41 Å². The number of amides is 1. The van der Waals surface area contributed by atoms with Crippen LogP contribution in [0.3, 0.4) is 0 Å². The molecular formula is C14H28N2O2. The maximum absolute atomic E-state index is 11.8. The van der Waals surface area contributed by atoms with Gasteiger partial charge in [-0.05, 0) is 38.0 Å². The van der Waals surface area contributed by atoms with E-state index in [4.69, 9.17) is 4.74 Å². The number of nitrogens with one attached hydrogen (secondary N) is 2. The van der Waals surface area contributed by atoms with E-state index in [1.54, 1.807) is 7.11 Å². The zero-order valence-electron chi connectivity index (χ0n) is 12.2. The van der Waals surface area contributed by atoms with E-state index < -0.39 is 0 Å². The van der Waals surface area contributed by atoms with Crippen molar-refractivity contribution in [3.8, 4) is 0 Å². The lowest BCUT2D eigenvalue weighted by molar-refractivity contribution is -0.123. The van der Waals surface area contributed by atoms with Crippen LogP contribution in [0.25, 0.3) is 0 Å². The molecule has 1 fully saturated rings. The van der Waals surface area contributed by atoms with Crippen molar-refractivity contribution >= 4 is 5.91 Å². The first kappa shape index (κ1) is 15.4. The second kappa shape index (κ2) is 7.10. The highest BCUT2D eigenvalue weighted by molar-refractivity contribution is 5.81. The quantitative estimate of drug-likeness (QED) is 0.711. The molecule has 1 unspecified atom stereocenters. The number of carbonyl (C=O) groups excluding carboxylic acids is 1. The maximum Gasteiger partial charge on any atom is 0.236 e. The van der Waals surface area contributed by atoms with Gasteiger partial charge in [-0.15, -0.1) is 0 Å². The van der Waals surface area contributed by atoms with Gasteiger partial charge in [-0.2, -0.15) is 0 Å². The predicted octanol–water partition coefficient (Wildman–Crippen LogP) is 1.70. The van der Waals surface area contributed by atoms with Crippen LogP contribution in [-0.4, -0.2) is 38.3 Å². The first-order chi connectivity index (χ1) is 8.44. The molecule has 0 radical (unpaired) electrons. The van der Waals surface area contributed by atoms with Crippen LogP contribution in [0.15, 0.2) is 0 Å². The van der Waals surface area contributed by atoms with Gasteiger partial charge < -0.3 is 15.4 Å². The van der Waals surface area contributed by atoms with Gasteiger partial charge in [-0.25, -0.2) is 0 Å². The summed E-state index contributed by atoms with van der Waals surface area (Å²) >= 11 is 0. The van der Waals surface area contributed by atoms with Crippen LogP contribution in [-0.2, 0) is 9.53 Å². The molecule has 4 heteroatoms. The summed E-state index contributed by atoms with van der Waals surface area (Å²) in [7, 11) is 1.64. The standard InChI is InChI=1S/C14H28N2O2/c1-11(13(17)15-9-10-18-4)16-12-5-7-14(2,3)8-6-12/h11-12,16H,5-10H2,1-4H3,(H,15,17). The second-order valence-corrected chi connectivity index (χ2v) is 6.11. The summed E-state index contributed by atoms with van der Waals surface area (Å²) in [4.78, 5) is 11.8. The third-order valence-corrected chi connectivity index (χ3v) is 3.82. The average Bonchev–Trinajstić information content (AvgIpc) is 2.32. The number of carbonyl (C=O) groups is 1. The minimum Gasteiger partial charge on any atom is -0.383 e. The van der Waals surface area contributed by atoms with Crippen molar-refractivity contribution in [3.05, 3.63) is 0 Å². The van der Waals surface area contributed by atoms with Gasteiger partial charge in [-0.3, -0.25) is 4.79 Å². The Hall–Kier alpha value is -0.610. The second-order valence-electron chi connectivity index (χ2n) is 6.11. The summed E-state index contributed by atoms with van der Waals surface area (Å²) in [6, 6.07) is 0.370. The Morgan fingerprint density at radius 1 is 1.39 bits per heavy atom. The number of hydrogen-bond acceptors (Lipinski definition) is 3. The molecule has 1 saturated carbocycles. The van der Waals surface area contributed by atoms with Gasteiger partial charge in [0.2, 0.25) is 5.91 Å². The molecule has 0 aromatic rings. The largest absolute Gasteiger partial charge is 0.383 e. The van der Waals surface area contributed by atoms with E-state index in [0.29, 0.717) is 24.6 Å². The van der Waals surface area contributed by atoms with E-state index in [0.717, 1.165) is 0 Å². The molecule has 0 spiro atoms. The Balaban J connectivity index is 2.23. The van der Waals surface area contributed by atoms with E-state index in [1.165, 1.54) is 25.7 Å². The molecule has 0 aromatic heterocycles. The van der Waals surface area contributed by atoms with E-state index in [9.17, 15) is 4.79 Å². The van der Waals surface area contributed by atoms with E-state index in [2.05, 4.69) is 24.5 Å². The van der Waals surface area contributed by atoms with Crippen molar-refractivity contribution in [1.29, 1.82) is 0 Å². The first-order valence-corrected chi connectivity index (χ1v) is 6.97. The summed E-state index contributed by atoms with van der Waals surface area (Å²) in [5.74, 6) is 0.0666. The van der Waals surface area contributed by atoms with Gasteiger partial charge in [0.1, 0.15) is 0 Å². The molecule has 0 saturated heterocycles. The van der Waals surface area contributed by atoms with Crippen molar-refractivity contribution in [3.63, 3.8) is 0 Å². The van der Waals surface area contributed by atoms with Crippen molar-refractivity contribution in [1.82, 2.24) is 10.6 Å². The fourth-order valence-corrected chi connectivity index (χ4v) is 2.42. The van der Waals surface area contributed by atoms with Gasteiger partial charge in [-0.1, -0.05) is 13.8 Å². The molecule has 1 aliphatic carbocycles. The summed E-state index contributed by atoms with van der Waals surface area (Å²) < 4.78 is 4.91. The third kappa shape index (κ3) is 5.36. The molecule has 4 nitrogen and oxygen atoms in total. The van der Waals surface area contributed by atoms with Crippen molar-refractivity contribution in [2.45, 2.75) is 58.5 Å². The van der Waals surface area contributed by atoms with Crippen LogP contribution in [0.1, 0.15) is 46.5 Å². The number of methoxy groups -OCH3 is 1. The Bertz CT molecular complexity index is 257. The van der Waals surface area contributed by atoms with Crippen LogP contribution in [0.4, 0.5) is 0 Å². The lowest BCUT2D eigenvalue weighted by Crippen LogP contribution is -2.48. The van der Waals surface area contributed by atoms with Gasteiger partial charge in [0.05, 0.1) is 12.6 Å². The molecule has 0 aromatic carbocycles. The minimum atomic E-state index is -0.118. The fourth-order valence-electron chi connectivity index (χ4n) is 2.42. The maximum atomic E-state index is 11.8. The Morgan fingerprint density at radius 3 is 2.56 bits per heavy atom.